The fourth-order valence-corrected chi connectivity index (χ4v) is 3.30. The minimum absolute atomic E-state index is 0.113. The zero-order valence-electron chi connectivity index (χ0n) is 16.1. The third-order valence-electron chi connectivity index (χ3n) is 4.28. The SMILES string of the molecule is C=CCCNCCCCCCOc1ccc(C(=O)c2cc(Cl)cc(Cl)c2)cc1. The first-order valence-electron chi connectivity index (χ1n) is 9.65. The zero-order chi connectivity index (χ0) is 20.2. The van der Waals surface area contributed by atoms with Crippen molar-refractivity contribution in [3.8, 4) is 5.75 Å². The normalized spacial score (nSPS) is 10.6. The van der Waals surface area contributed by atoms with Crippen LogP contribution in [0.2, 0.25) is 10.0 Å². The highest BCUT2D eigenvalue weighted by atomic mass is 35.5. The van der Waals surface area contributed by atoms with E-state index in [9.17, 15) is 4.79 Å². The molecule has 0 spiro atoms. The Morgan fingerprint density at radius 3 is 2.29 bits per heavy atom. The average Bonchev–Trinajstić information content (AvgIpc) is 2.68. The Bertz CT molecular complexity index is 739. The molecule has 150 valence electrons. The molecule has 0 atom stereocenters. The van der Waals surface area contributed by atoms with Gasteiger partial charge in [-0.05, 0) is 74.8 Å². The number of carbonyl (C=O) groups excluding carboxylic acids is 1. The number of unbranched alkanes of at least 4 members (excludes halogenated alkanes) is 3. The van der Waals surface area contributed by atoms with Gasteiger partial charge in [0.05, 0.1) is 6.61 Å². The molecule has 3 nitrogen and oxygen atoms in total. The van der Waals surface area contributed by atoms with E-state index < -0.39 is 0 Å². The van der Waals surface area contributed by atoms with Crippen molar-refractivity contribution in [3.05, 3.63) is 76.3 Å². The van der Waals surface area contributed by atoms with Crippen LogP contribution in [-0.4, -0.2) is 25.5 Å². The lowest BCUT2D eigenvalue weighted by Crippen LogP contribution is -2.15. The Balaban J connectivity index is 1.68. The standard InChI is InChI=1S/C23H27Cl2NO2/c1-2-3-12-26-13-6-4-5-7-14-28-22-10-8-18(9-11-22)23(27)19-15-20(24)17-21(25)16-19/h2,8-11,15-17,26H,1,3-7,12-14H2. The number of benzene rings is 2. The summed E-state index contributed by atoms with van der Waals surface area (Å²) in [5.41, 5.74) is 1.06. The van der Waals surface area contributed by atoms with Gasteiger partial charge in [-0.25, -0.2) is 0 Å². The van der Waals surface area contributed by atoms with Gasteiger partial charge in [-0.15, -0.1) is 6.58 Å². The van der Waals surface area contributed by atoms with Crippen LogP contribution < -0.4 is 10.1 Å². The van der Waals surface area contributed by atoms with Gasteiger partial charge in [0.2, 0.25) is 0 Å². The number of carbonyl (C=O) groups is 1. The highest BCUT2D eigenvalue weighted by Gasteiger charge is 2.11. The number of rotatable bonds is 13. The van der Waals surface area contributed by atoms with E-state index in [0.717, 1.165) is 38.1 Å². The van der Waals surface area contributed by atoms with Crippen LogP contribution in [0.15, 0.2) is 55.1 Å². The van der Waals surface area contributed by atoms with Crippen molar-refractivity contribution < 1.29 is 9.53 Å². The highest BCUT2D eigenvalue weighted by molar-refractivity contribution is 6.35. The lowest BCUT2D eigenvalue weighted by molar-refractivity contribution is 0.103. The summed E-state index contributed by atoms with van der Waals surface area (Å²) in [6.45, 7) is 6.46. The first-order valence-corrected chi connectivity index (χ1v) is 10.4. The van der Waals surface area contributed by atoms with Crippen LogP contribution in [0, 0.1) is 0 Å². The Morgan fingerprint density at radius 1 is 0.929 bits per heavy atom. The van der Waals surface area contributed by atoms with Crippen LogP contribution in [-0.2, 0) is 0 Å². The molecule has 0 saturated heterocycles. The van der Waals surface area contributed by atoms with E-state index in [1.807, 2.05) is 18.2 Å². The molecule has 0 aromatic heterocycles. The van der Waals surface area contributed by atoms with Gasteiger partial charge in [-0.3, -0.25) is 4.79 Å². The molecule has 0 saturated carbocycles. The Kier molecular flexibility index (Phi) is 10.1. The molecule has 0 radical (unpaired) electrons. The molecule has 0 heterocycles. The van der Waals surface area contributed by atoms with Crippen molar-refractivity contribution in [1.29, 1.82) is 0 Å². The first kappa shape index (κ1) is 22.5. The van der Waals surface area contributed by atoms with Crippen LogP contribution in [0.25, 0.3) is 0 Å². The third kappa shape index (κ3) is 8.05. The van der Waals surface area contributed by atoms with Crippen LogP contribution in [0.5, 0.6) is 5.75 Å². The molecule has 5 heteroatoms. The van der Waals surface area contributed by atoms with Gasteiger partial charge in [0.15, 0.2) is 5.78 Å². The van der Waals surface area contributed by atoms with Crippen molar-refractivity contribution >= 4 is 29.0 Å². The van der Waals surface area contributed by atoms with Gasteiger partial charge in [-0.2, -0.15) is 0 Å². The molecule has 0 aliphatic heterocycles. The molecule has 28 heavy (non-hydrogen) atoms. The van der Waals surface area contributed by atoms with E-state index in [-0.39, 0.29) is 5.78 Å². The Labute approximate surface area is 177 Å². The van der Waals surface area contributed by atoms with E-state index in [0.29, 0.717) is 27.8 Å². The van der Waals surface area contributed by atoms with Crippen molar-refractivity contribution in [2.24, 2.45) is 0 Å². The topological polar surface area (TPSA) is 38.3 Å². The number of ether oxygens (including phenoxy) is 1. The molecule has 2 aromatic carbocycles. The molecule has 0 amide bonds. The summed E-state index contributed by atoms with van der Waals surface area (Å²) in [5, 5.41) is 4.29. The van der Waals surface area contributed by atoms with Crippen LogP contribution in [0.1, 0.15) is 48.0 Å². The summed E-state index contributed by atoms with van der Waals surface area (Å²) in [4.78, 5) is 12.5. The molecule has 0 aliphatic rings. The number of hydrogen-bond acceptors (Lipinski definition) is 3. The van der Waals surface area contributed by atoms with Gasteiger partial charge in [0.1, 0.15) is 5.75 Å². The predicted octanol–water partition coefficient (Wildman–Crippen LogP) is 6.33. The van der Waals surface area contributed by atoms with E-state index in [1.165, 1.54) is 12.8 Å². The Morgan fingerprint density at radius 2 is 1.61 bits per heavy atom. The van der Waals surface area contributed by atoms with E-state index >= 15 is 0 Å². The number of ketones is 1. The fraction of sp³-hybridized carbons (Fsp3) is 0.348. The summed E-state index contributed by atoms with van der Waals surface area (Å²) in [6.07, 6.45) is 7.50. The summed E-state index contributed by atoms with van der Waals surface area (Å²) >= 11 is 11.9. The molecule has 2 aromatic rings. The molecule has 0 unspecified atom stereocenters. The quantitative estimate of drug-likeness (QED) is 0.234. The molecular weight excluding hydrogens is 393 g/mol. The molecule has 0 aliphatic carbocycles. The van der Waals surface area contributed by atoms with Gasteiger partial charge in [0.25, 0.3) is 0 Å². The summed E-state index contributed by atoms with van der Waals surface area (Å²) in [7, 11) is 0. The number of hydrogen-bond donors (Lipinski definition) is 1. The van der Waals surface area contributed by atoms with Crippen LogP contribution >= 0.6 is 23.2 Å². The maximum Gasteiger partial charge on any atom is 0.193 e. The Hall–Kier alpha value is -1.81. The minimum Gasteiger partial charge on any atom is -0.494 e. The first-order chi connectivity index (χ1) is 13.6. The van der Waals surface area contributed by atoms with Gasteiger partial charge in [-0.1, -0.05) is 42.1 Å². The van der Waals surface area contributed by atoms with Crippen molar-refractivity contribution in [3.63, 3.8) is 0 Å². The molecule has 0 bridgehead atoms. The van der Waals surface area contributed by atoms with E-state index in [4.69, 9.17) is 27.9 Å². The average molecular weight is 420 g/mol. The lowest BCUT2D eigenvalue weighted by atomic mass is 10.0. The van der Waals surface area contributed by atoms with Crippen molar-refractivity contribution in [2.45, 2.75) is 32.1 Å². The second-order valence-corrected chi connectivity index (χ2v) is 7.47. The van der Waals surface area contributed by atoms with Crippen molar-refractivity contribution in [1.82, 2.24) is 5.32 Å². The fourth-order valence-electron chi connectivity index (χ4n) is 2.78. The number of halogens is 2. The maximum atomic E-state index is 12.5. The highest BCUT2D eigenvalue weighted by Crippen LogP contribution is 2.22. The van der Waals surface area contributed by atoms with Crippen LogP contribution in [0.3, 0.4) is 0 Å². The third-order valence-corrected chi connectivity index (χ3v) is 4.72. The largest absolute Gasteiger partial charge is 0.494 e. The number of nitrogens with one attached hydrogen (secondary N) is 1. The second kappa shape index (κ2) is 12.6. The predicted molar refractivity (Wildman–Crippen MR) is 118 cm³/mol. The molecular formula is C23H27Cl2NO2. The van der Waals surface area contributed by atoms with Crippen molar-refractivity contribution in [2.75, 3.05) is 19.7 Å². The van der Waals surface area contributed by atoms with Gasteiger partial charge in [0, 0.05) is 21.2 Å². The van der Waals surface area contributed by atoms with E-state index in [1.54, 1.807) is 30.3 Å². The smallest absolute Gasteiger partial charge is 0.193 e. The van der Waals surface area contributed by atoms with Crippen LogP contribution in [0.4, 0.5) is 0 Å². The maximum absolute atomic E-state index is 12.5. The van der Waals surface area contributed by atoms with E-state index in [2.05, 4.69) is 11.9 Å². The van der Waals surface area contributed by atoms with Gasteiger partial charge >= 0.3 is 0 Å². The molecule has 2 rings (SSSR count). The van der Waals surface area contributed by atoms with Gasteiger partial charge < -0.3 is 10.1 Å². The zero-order valence-corrected chi connectivity index (χ0v) is 17.6. The summed E-state index contributed by atoms with van der Waals surface area (Å²) < 4.78 is 5.76. The minimum atomic E-state index is -0.113. The molecule has 1 N–H and O–H groups in total. The second-order valence-electron chi connectivity index (χ2n) is 6.60. The summed E-state index contributed by atoms with van der Waals surface area (Å²) in [5.74, 6) is 0.657. The molecule has 0 fully saturated rings. The monoisotopic (exact) mass is 419 g/mol. The summed E-state index contributed by atoms with van der Waals surface area (Å²) in [6, 6.07) is 12.0. The lowest BCUT2D eigenvalue weighted by Gasteiger charge is -2.08.